The Balaban J connectivity index is 2.13. The van der Waals surface area contributed by atoms with Crippen molar-refractivity contribution in [3.8, 4) is 5.75 Å². The van der Waals surface area contributed by atoms with Gasteiger partial charge in [-0.1, -0.05) is 62.4 Å². The van der Waals surface area contributed by atoms with E-state index in [0.29, 0.717) is 5.92 Å². The third-order valence-electron chi connectivity index (χ3n) is 3.17. The highest BCUT2D eigenvalue weighted by atomic mass is 16.5. The Labute approximate surface area is 115 Å². The Morgan fingerprint density at radius 3 is 2.21 bits per heavy atom. The van der Waals surface area contributed by atoms with E-state index in [9.17, 15) is 0 Å². The molecular weight excluding hydrogens is 232 g/mol. The molecule has 1 heteroatoms. The molecule has 0 heterocycles. The third kappa shape index (κ3) is 3.72. The van der Waals surface area contributed by atoms with Crippen molar-refractivity contribution in [3.05, 3.63) is 65.2 Å². The van der Waals surface area contributed by atoms with Gasteiger partial charge < -0.3 is 4.74 Å². The second-order valence-corrected chi connectivity index (χ2v) is 4.93. The zero-order chi connectivity index (χ0) is 13.7. The van der Waals surface area contributed by atoms with E-state index in [1.807, 2.05) is 18.2 Å². The lowest BCUT2D eigenvalue weighted by atomic mass is 10.0. The minimum Gasteiger partial charge on any atom is -0.497 e. The maximum atomic E-state index is 5.22. The van der Waals surface area contributed by atoms with Crippen LogP contribution in [0.4, 0.5) is 0 Å². The number of ether oxygens (including phenoxy) is 1. The van der Waals surface area contributed by atoms with E-state index in [-0.39, 0.29) is 0 Å². The molecule has 0 saturated heterocycles. The highest BCUT2D eigenvalue weighted by Crippen LogP contribution is 2.17. The first kappa shape index (κ1) is 13.4. The zero-order valence-corrected chi connectivity index (χ0v) is 11.8. The van der Waals surface area contributed by atoms with Crippen LogP contribution in [0.15, 0.2) is 48.5 Å². The number of hydrogen-bond acceptors (Lipinski definition) is 1. The molecule has 0 aromatic heterocycles. The Morgan fingerprint density at radius 1 is 0.895 bits per heavy atom. The predicted octanol–water partition coefficient (Wildman–Crippen LogP) is 4.99. The van der Waals surface area contributed by atoms with E-state index in [0.717, 1.165) is 11.3 Å². The minimum absolute atomic E-state index is 0.580. The Morgan fingerprint density at radius 2 is 1.58 bits per heavy atom. The van der Waals surface area contributed by atoms with Gasteiger partial charge in [0.05, 0.1) is 7.11 Å². The van der Waals surface area contributed by atoms with Crippen molar-refractivity contribution >= 4 is 12.2 Å². The molecular formula is C18H20O. The monoisotopic (exact) mass is 252 g/mol. The van der Waals surface area contributed by atoms with Crippen molar-refractivity contribution in [1.29, 1.82) is 0 Å². The fourth-order valence-electron chi connectivity index (χ4n) is 1.93. The molecule has 0 radical (unpaired) electrons. The first-order chi connectivity index (χ1) is 9.19. The zero-order valence-electron chi connectivity index (χ0n) is 11.8. The molecule has 0 unspecified atom stereocenters. The van der Waals surface area contributed by atoms with Crippen LogP contribution in [0.3, 0.4) is 0 Å². The van der Waals surface area contributed by atoms with Crippen LogP contribution in [0.2, 0.25) is 0 Å². The summed E-state index contributed by atoms with van der Waals surface area (Å²) in [5.74, 6) is 1.47. The van der Waals surface area contributed by atoms with Crippen molar-refractivity contribution in [2.45, 2.75) is 19.8 Å². The van der Waals surface area contributed by atoms with Gasteiger partial charge in [0.25, 0.3) is 0 Å². The minimum atomic E-state index is 0.580. The van der Waals surface area contributed by atoms with Crippen LogP contribution in [0.1, 0.15) is 36.5 Å². The van der Waals surface area contributed by atoms with E-state index in [2.05, 4.69) is 56.3 Å². The fourth-order valence-corrected chi connectivity index (χ4v) is 1.93. The quantitative estimate of drug-likeness (QED) is 0.697. The molecule has 0 aliphatic heterocycles. The van der Waals surface area contributed by atoms with Gasteiger partial charge in [-0.2, -0.15) is 0 Å². The van der Waals surface area contributed by atoms with Crippen LogP contribution in [0.25, 0.3) is 12.2 Å². The van der Waals surface area contributed by atoms with Crippen molar-refractivity contribution in [1.82, 2.24) is 0 Å². The number of methoxy groups -OCH3 is 1. The molecule has 98 valence electrons. The average molecular weight is 252 g/mol. The molecule has 0 amide bonds. The molecule has 0 aliphatic rings. The van der Waals surface area contributed by atoms with Gasteiger partial charge in [0.15, 0.2) is 0 Å². The van der Waals surface area contributed by atoms with Gasteiger partial charge in [-0.3, -0.25) is 0 Å². The molecule has 2 rings (SSSR count). The van der Waals surface area contributed by atoms with Crippen molar-refractivity contribution in [3.63, 3.8) is 0 Å². The summed E-state index contributed by atoms with van der Waals surface area (Å²) in [6.45, 7) is 4.42. The molecule has 0 spiro atoms. The summed E-state index contributed by atoms with van der Waals surface area (Å²) in [6.07, 6.45) is 4.23. The highest BCUT2D eigenvalue weighted by Gasteiger charge is 1.97. The normalized spacial score (nSPS) is 11.2. The predicted molar refractivity (Wildman–Crippen MR) is 82.5 cm³/mol. The molecule has 0 aliphatic carbocycles. The first-order valence-electron chi connectivity index (χ1n) is 6.61. The standard InChI is InChI=1S/C18H20O/c1-14(2)17-11-9-15(10-12-17)7-8-16-5-4-6-18(13-16)19-3/h4-14H,1-3H3/b8-7+. The summed E-state index contributed by atoms with van der Waals surface area (Å²) in [6, 6.07) is 16.7. The molecule has 0 bridgehead atoms. The summed E-state index contributed by atoms with van der Waals surface area (Å²) in [4.78, 5) is 0. The molecule has 0 fully saturated rings. The second-order valence-electron chi connectivity index (χ2n) is 4.93. The van der Waals surface area contributed by atoms with Gasteiger partial charge in [-0.15, -0.1) is 0 Å². The van der Waals surface area contributed by atoms with Gasteiger partial charge in [0.2, 0.25) is 0 Å². The topological polar surface area (TPSA) is 9.23 Å². The Kier molecular flexibility index (Phi) is 4.40. The lowest BCUT2D eigenvalue weighted by molar-refractivity contribution is 0.414. The maximum absolute atomic E-state index is 5.22. The average Bonchev–Trinajstić information content (AvgIpc) is 2.46. The summed E-state index contributed by atoms with van der Waals surface area (Å²) in [5, 5.41) is 0. The molecule has 0 saturated carbocycles. The third-order valence-corrected chi connectivity index (χ3v) is 3.17. The van der Waals surface area contributed by atoms with Crippen LogP contribution in [0.5, 0.6) is 5.75 Å². The Bertz CT molecular complexity index is 550. The van der Waals surface area contributed by atoms with Gasteiger partial charge in [-0.05, 0) is 34.7 Å². The molecule has 0 atom stereocenters. The summed E-state index contributed by atoms with van der Waals surface area (Å²) < 4.78 is 5.22. The van der Waals surface area contributed by atoms with Gasteiger partial charge >= 0.3 is 0 Å². The van der Waals surface area contributed by atoms with Gasteiger partial charge in [0.1, 0.15) is 5.75 Å². The smallest absolute Gasteiger partial charge is 0.119 e. The number of rotatable bonds is 4. The van der Waals surface area contributed by atoms with Crippen LogP contribution >= 0.6 is 0 Å². The van der Waals surface area contributed by atoms with E-state index in [1.54, 1.807) is 7.11 Å². The maximum Gasteiger partial charge on any atom is 0.119 e. The van der Waals surface area contributed by atoms with Crippen LogP contribution < -0.4 is 4.74 Å². The number of benzene rings is 2. The number of hydrogen-bond donors (Lipinski definition) is 0. The molecule has 1 nitrogen and oxygen atoms in total. The van der Waals surface area contributed by atoms with Crippen molar-refractivity contribution in [2.24, 2.45) is 0 Å². The SMILES string of the molecule is COc1cccc(/C=C/c2ccc(C(C)C)cc2)c1. The molecule has 2 aromatic rings. The second kappa shape index (κ2) is 6.24. The molecule has 19 heavy (non-hydrogen) atoms. The molecule has 2 aromatic carbocycles. The lowest BCUT2D eigenvalue weighted by Gasteiger charge is -2.04. The van der Waals surface area contributed by atoms with E-state index in [1.165, 1.54) is 11.1 Å². The van der Waals surface area contributed by atoms with Gasteiger partial charge in [0, 0.05) is 0 Å². The van der Waals surface area contributed by atoms with E-state index in [4.69, 9.17) is 4.74 Å². The van der Waals surface area contributed by atoms with Crippen molar-refractivity contribution in [2.75, 3.05) is 7.11 Å². The van der Waals surface area contributed by atoms with Crippen molar-refractivity contribution < 1.29 is 4.74 Å². The first-order valence-corrected chi connectivity index (χ1v) is 6.61. The summed E-state index contributed by atoms with van der Waals surface area (Å²) in [7, 11) is 1.69. The van der Waals surface area contributed by atoms with Crippen LogP contribution in [-0.4, -0.2) is 7.11 Å². The Hall–Kier alpha value is -2.02. The fraction of sp³-hybridized carbons (Fsp3) is 0.222. The van der Waals surface area contributed by atoms with Crippen LogP contribution in [-0.2, 0) is 0 Å². The van der Waals surface area contributed by atoms with E-state index < -0.39 is 0 Å². The largest absolute Gasteiger partial charge is 0.497 e. The van der Waals surface area contributed by atoms with Crippen LogP contribution in [0, 0.1) is 0 Å². The van der Waals surface area contributed by atoms with Gasteiger partial charge in [-0.25, -0.2) is 0 Å². The van der Waals surface area contributed by atoms with E-state index >= 15 is 0 Å². The highest BCUT2D eigenvalue weighted by molar-refractivity contribution is 5.70. The lowest BCUT2D eigenvalue weighted by Crippen LogP contribution is -1.86. The summed E-state index contributed by atoms with van der Waals surface area (Å²) >= 11 is 0. The molecule has 0 N–H and O–H groups in total. The summed E-state index contributed by atoms with van der Waals surface area (Å²) in [5.41, 5.74) is 3.73.